The van der Waals surface area contributed by atoms with Crippen LogP contribution in [-0.4, -0.2) is 23.5 Å². The van der Waals surface area contributed by atoms with Gasteiger partial charge in [0.1, 0.15) is 0 Å². The number of ether oxygens (including phenoxy) is 2. The number of benzene rings is 2. The van der Waals surface area contributed by atoms with Crippen molar-refractivity contribution in [3.63, 3.8) is 0 Å². The van der Waals surface area contributed by atoms with Crippen molar-refractivity contribution in [3.8, 4) is 22.8 Å². The van der Waals surface area contributed by atoms with Crippen LogP contribution in [0.3, 0.4) is 0 Å². The van der Waals surface area contributed by atoms with Crippen LogP contribution in [0.1, 0.15) is 27.0 Å². The summed E-state index contributed by atoms with van der Waals surface area (Å²) in [6.07, 6.45) is 0. The lowest BCUT2D eigenvalue weighted by Gasteiger charge is -2.05. The van der Waals surface area contributed by atoms with E-state index in [1.54, 1.807) is 18.2 Å². The maximum atomic E-state index is 12.6. The van der Waals surface area contributed by atoms with Crippen molar-refractivity contribution in [1.29, 1.82) is 0 Å². The van der Waals surface area contributed by atoms with Gasteiger partial charge in [0.25, 0.3) is 5.91 Å². The van der Waals surface area contributed by atoms with Gasteiger partial charge in [-0.05, 0) is 12.1 Å². The molecule has 6 nitrogen and oxygen atoms in total. The van der Waals surface area contributed by atoms with Gasteiger partial charge in [0.2, 0.25) is 6.79 Å². The molecule has 2 heterocycles. The minimum Gasteiger partial charge on any atom is -0.454 e. The Kier molecular flexibility index (Phi) is 4.14. The summed E-state index contributed by atoms with van der Waals surface area (Å²) in [5.74, 6) is 0.484. The second-order valence-electron chi connectivity index (χ2n) is 5.61. The average Bonchev–Trinajstić information content (AvgIpc) is 3.29. The Morgan fingerprint density at radius 3 is 2.65 bits per heavy atom. The largest absolute Gasteiger partial charge is 0.454 e. The molecule has 0 spiro atoms. The molecule has 4 rings (SSSR count). The second kappa shape index (κ2) is 6.61. The summed E-state index contributed by atoms with van der Waals surface area (Å²) in [7, 11) is 0. The van der Waals surface area contributed by atoms with E-state index in [1.807, 2.05) is 30.3 Å². The quantitative estimate of drug-likeness (QED) is 0.707. The Labute approximate surface area is 153 Å². The number of thiazole rings is 1. The summed E-state index contributed by atoms with van der Waals surface area (Å²) in [6.45, 7) is 1.57. The van der Waals surface area contributed by atoms with Crippen molar-refractivity contribution in [3.05, 3.63) is 59.0 Å². The minimum absolute atomic E-state index is 0.0868. The van der Waals surface area contributed by atoms with Gasteiger partial charge in [0.15, 0.2) is 22.4 Å². The van der Waals surface area contributed by atoms with Crippen LogP contribution < -0.4 is 14.8 Å². The number of fused-ring (bicyclic) bond motifs is 1. The fourth-order valence-corrected chi connectivity index (χ4v) is 3.56. The Hall–Kier alpha value is -3.19. The summed E-state index contributed by atoms with van der Waals surface area (Å²) in [4.78, 5) is 29.6. The molecule has 1 aliphatic rings. The van der Waals surface area contributed by atoms with Gasteiger partial charge >= 0.3 is 0 Å². The second-order valence-corrected chi connectivity index (χ2v) is 6.61. The monoisotopic (exact) mass is 366 g/mol. The molecule has 0 saturated heterocycles. The van der Waals surface area contributed by atoms with Crippen LogP contribution in [-0.2, 0) is 0 Å². The molecule has 1 N–H and O–H groups in total. The fourth-order valence-electron chi connectivity index (χ4n) is 2.68. The maximum absolute atomic E-state index is 12.6. The highest BCUT2D eigenvalue weighted by molar-refractivity contribution is 7.18. The summed E-state index contributed by atoms with van der Waals surface area (Å²) in [5.41, 5.74) is 1.75. The standard InChI is InChI=1S/C19H14N2O4S/c1-11(22)17-15(12-6-3-2-4-7-12)20-19(26-17)21-18(23)13-8-5-9-14-16(13)25-10-24-14/h2-9H,10H2,1H3,(H,20,21,23). The molecule has 1 aromatic heterocycles. The van der Waals surface area contributed by atoms with Gasteiger partial charge in [-0.25, -0.2) is 4.98 Å². The topological polar surface area (TPSA) is 77.5 Å². The summed E-state index contributed by atoms with van der Waals surface area (Å²) in [5, 5.41) is 3.11. The molecule has 1 aliphatic heterocycles. The number of carbonyl (C=O) groups excluding carboxylic acids is 2. The van der Waals surface area contributed by atoms with Crippen LogP contribution in [0, 0.1) is 0 Å². The molecule has 0 bridgehead atoms. The number of Topliss-reactive ketones (excluding diaryl/α,β-unsaturated/α-hetero) is 1. The van der Waals surface area contributed by atoms with Crippen molar-refractivity contribution < 1.29 is 19.1 Å². The molecule has 26 heavy (non-hydrogen) atoms. The molecule has 130 valence electrons. The highest BCUT2D eigenvalue weighted by atomic mass is 32.1. The highest BCUT2D eigenvalue weighted by Crippen LogP contribution is 2.36. The molecule has 0 unspecified atom stereocenters. The Balaban J connectivity index is 1.66. The summed E-state index contributed by atoms with van der Waals surface area (Å²) >= 11 is 1.15. The maximum Gasteiger partial charge on any atom is 0.261 e. The third-order valence-electron chi connectivity index (χ3n) is 3.86. The normalized spacial score (nSPS) is 12.0. The summed E-state index contributed by atoms with van der Waals surface area (Å²) < 4.78 is 10.7. The van der Waals surface area contributed by atoms with Crippen molar-refractivity contribution in [2.75, 3.05) is 12.1 Å². The van der Waals surface area contributed by atoms with Crippen LogP contribution in [0.4, 0.5) is 5.13 Å². The summed E-state index contributed by atoms with van der Waals surface area (Å²) in [6, 6.07) is 14.5. The molecule has 2 aromatic carbocycles. The molecular formula is C19H14N2O4S. The lowest BCUT2D eigenvalue weighted by atomic mass is 10.1. The highest BCUT2D eigenvalue weighted by Gasteiger charge is 2.23. The van der Waals surface area contributed by atoms with E-state index in [-0.39, 0.29) is 18.5 Å². The van der Waals surface area contributed by atoms with E-state index in [1.165, 1.54) is 6.92 Å². The van der Waals surface area contributed by atoms with Crippen LogP contribution in [0.15, 0.2) is 48.5 Å². The zero-order valence-electron chi connectivity index (χ0n) is 13.8. The molecule has 1 amide bonds. The van der Waals surface area contributed by atoms with Crippen molar-refractivity contribution >= 4 is 28.2 Å². The molecule has 0 radical (unpaired) electrons. The first-order valence-electron chi connectivity index (χ1n) is 7.90. The zero-order valence-corrected chi connectivity index (χ0v) is 14.6. The number of rotatable bonds is 4. The third kappa shape index (κ3) is 2.93. The van der Waals surface area contributed by atoms with Crippen molar-refractivity contribution in [2.45, 2.75) is 6.92 Å². The van der Waals surface area contributed by atoms with Crippen LogP contribution in [0.25, 0.3) is 11.3 Å². The smallest absolute Gasteiger partial charge is 0.261 e. The molecule has 3 aromatic rings. The molecule has 0 fully saturated rings. The van der Waals surface area contributed by atoms with E-state index in [9.17, 15) is 9.59 Å². The van der Waals surface area contributed by atoms with E-state index in [0.29, 0.717) is 32.8 Å². The van der Waals surface area contributed by atoms with E-state index in [4.69, 9.17) is 9.47 Å². The van der Waals surface area contributed by atoms with Gasteiger partial charge in [-0.2, -0.15) is 0 Å². The van der Waals surface area contributed by atoms with Crippen LogP contribution >= 0.6 is 11.3 Å². The van der Waals surface area contributed by atoms with Gasteiger partial charge in [-0.3, -0.25) is 14.9 Å². The first-order chi connectivity index (χ1) is 12.6. The third-order valence-corrected chi connectivity index (χ3v) is 4.93. The van der Waals surface area contributed by atoms with Crippen LogP contribution in [0.2, 0.25) is 0 Å². The number of nitrogens with one attached hydrogen (secondary N) is 1. The van der Waals surface area contributed by atoms with Crippen LogP contribution in [0.5, 0.6) is 11.5 Å². The van der Waals surface area contributed by atoms with Gasteiger partial charge in [0.05, 0.1) is 16.1 Å². The number of amides is 1. The Morgan fingerprint density at radius 1 is 1.08 bits per heavy atom. The van der Waals surface area contributed by atoms with Crippen molar-refractivity contribution in [1.82, 2.24) is 4.98 Å². The minimum atomic E-state index is -0.365. The lowest BCUT2D eigenvalue weighted by Crippen LogP contribution is -2.12. The fraction of sp³-hybridized carbons (Fsp3) is 0.105. The molecule has 0 atom stereocenters. The molecule has 0 saturated carbocycles. The van der Waals surface area contributed by atoms with E-state index < -0.39 is 0 Å². The van der Waals surface area contributed by atoms with Gasteiger partial charge < -0.3 is 9.47 Å². The molecule has 7 heteroatoms. The van der Waals surface area contributed by atoms with Gasteiger partial charge in [-0.15, -0.1) is 0 Å². The Bertz CT molecular complexity index is 998. The predicted octanol–water partition coefficient (Wildman–Crippen LogP) is 3.99. The van der Waals surface area contributed by atoms with Gasteiger partial charge in [-0.1, -0.05) is 47.7 Å². The Morgan fingerprint density at radius 2 is 1.88 bits per heavy atom. The number of hydrogen-bond acceptors (Lipinski definition) is 6. The first kappa shape index (κ1) is 16.3. The molecular weight excluding hydrogens is 352 g/mol. The molecule has 0 aliphatic carbocycles. The van der Waals surface area contributed by atoms with E-state index in [0.717, 1.165) is 16.9 Å². The number of nitrogens with zero attached hydrogens (tertiary/aromatic N) is 1. The van der Waals surface area contributed by atoms with Crippen molar-refractivity contribution in [2.24, 2.45) is 0 Å². The lowest BCUT2D eigenvalue weighted by molar-refractivity contribution is 0.101. The number of hydrogen-bond donors (Lipinski definition) is 1. The SMILES string of the molecule is CC(=O)c1sc(NC(=O)c2cccc3c2OCO3)nc1-c1ccccc1. The number of carbonyl (C=O) groups is 2. The number of anilines is 1. The average molecular weight is 366 g/mol. The van der Waals surface area contributed by atoms with E-state index in [2.05, 4.69) is 10.3 Å². The number of ketones is 1. The van der Waals surface area contributed by atoms with E-state index >= 15 is 0 Å². The van der Waals surface area contributed by atoms with Gasteiger partial charge in [0, 0.05) is 12.5 Å². The first-order valence-corrected chi connectivity index (χ1v) is 8.72. The number of aromatic nitrogens is 1. The number of para-hydroxylation sites is 1. The predicted molar refractivity (Wildman–Crippen MR) is 98.1 cm³/mol. The zero-order chi connectivity index (χ0) is 18.1.